The van der Waals surface area contributed by atoms with Gasteiger partial charge in [0.2, 0.25) is 10.0 Å². The van der Waals surface area contributed by atoms with Crippen LogP contribution in [0.1, 0.15) is 15.9 Å². The third kappa shape index (κ3) is 3.08. The lowest BCUT2D eigenvalue weighted by atomic mass is 10.1. The summed E-state index contributed by atoms with van der Waals surface area (Å²) in [5, 5.41) is 8.84. The van der Waals surface area contributed by atoms with Crippen molar-refractivity contribution < 1.29 is 13.2 Å². The minimum absolute atomic E-state index is 0.0247. The van der Waals surface area contributed by atoms with Crippen LogP contribution in [0.15, 0.2) is 47.8 Å². The summed E-state index contributed by atoms with van der Waals surface area (Å²) in [6.07, 6.45) is 3.67. The van der Waals surface area contributed by atoms with Gasteiger partial charge >= 0.3 is 0 Å². The molecule has 1 aliphatic heterocycles. The second-order valence-electron chi connectivity index (χ2n) is 6.05. The first-order valence-corrected chi connectivity index (χ1v) is 10.8. The molecule has 0 radical (unpaired) electrons. The molecule has 0 N–H and O–H groups in total. The number of sulfonamides is 1. The first-order valence-electron chi connectivity index (χ1n) is 8.00. The number of nitrogens with zero attached hydrogens (tertiary/aromatic N) is 4. The molecule has 0 spiro atoms. The maximum absolute atomic E-state index is 12.5. The average Bonchev–Trinajstić information content (AvgIpc) is 3.23. The number of thioether (sulfide) groups is 1. The Balaban J connectivity index is 1.51. The molecule has 0 aliphatic carbocycles. The molecule has 3 aromatic rings. The third-order valence-corrected chi connectivity index (χ3v) is 6.39. The third-order valence-electron chi connectivity index (χ3n) is 4.27. The van der Waals surface area contributed by atoms with Gasteiger partial charge in [0.15, 0.2) is 16.6 Å². The van der Waals surface area contributed by atoms with Crippen LogP contribution in [0.25, 0.3) is 5.65 Å². The normalized spacial score (nSPS) is 14.0. The molecule has 2 aromatic heterocycles. The zero-order valence-corrected chi connectivity index (χ0v) is 15.6. The molecule has 134 valence electrons. The monoisotopic (exact) mass is 388 g/mol. The highest BCUT2D eigenvalue weighted by Crippen LogP contribution is 2.31. The Hall–Kier alpha value is -2.39. The number of carbonyl (C=O) groups excluding carboxylic acids is 1. The molecule has 0 saturated heterocycles. The van der Waals surface area contributed by atoms with Gasteiger partial charge in [-0.2, -0.15) is 0 Å². The van der Waals surface area contributed by atoms with Crippen LogP contribution in [0, 0.1) is 0 Å². The maximum Gasteiger partial charge on any atom is 0.232 e. The highest BCUT2D eigenvalue weighted by atomic mass is 32.2. The van der Waals surface area contributed by atoms with E-state index in [-0.39, 0.29) is 11.5 Å². The lowest BCUT2D eigenvalue weighted by Gasteiger charge is -2.16. The first kappa shape index (κ1) is 17.0. The van der Waals surface area contributed by atoms with E-state index in [0.717, 1.165) is 11.2 Å². The van der Waals surface area contributed by atoms with Gasteiger partial charge in [-0.05, 0) is 42.3 Å². The van der Waals surface area contributed by atoms with Crippen LogP contribution in [-0.4, -0.2) is 47.4 Å². The largest absolute Gasteiger partial charge is 0.293 e. The number of anilines is 1. The number of ketones is 1. The lowest BCUT2D eigenvalue weighted by Crippen LogP contribution is -2.27. The number of hydrogen-bond donors (Lipinski definition) is 0. The highest BCUT2D eigenvalue weighted by Gasteiger charge is 2.26. The van der Waals surface area contributed by atoms with Gasteiger partial charge in [-0.25, -0.2) is 8.42 Å². The molecule has 4 rings (SSSR count). The fourth-order valence-electron chi connectivity index (χ4n) is 3.02. The quantitative estimate of drug-likeness (QED) is 0.491. The van der Waals surface area contributed by atoms with Gasteiger partial charge in [0.25, 0.3) is 0 Å². The zero-order valence-electron chi connectivity index (χ0n) is 14.0. The number of benzene rings is 1. The Labute approximate surface area is 155 Å². The summed E-state index contributed by atoms with van der Waals surface area (Å²) >= 11 is 1.33. The van der Waals surface area contributed by atoms with E-state index in [0.29, 0.717) is 29.4 Å². The Morgan fingerprint density at radius 3 is 2.88 bits per heavy atom. The van der Waals surface area contributed by atoms with E-state index in [1.807, 2.05) is 28.8 Å². The van der Waals surface area contributed by atoms with Gasteiger partial charge in [-0.3, -0.25) is 13.5 Å². The molecular formula is C17H16N4O3S2. The Kier molecular flexibility index (Phi) is 4.20. The molecule has 0 saturated carbocycles. The minimum Gasteiger partial charge on any atom is -0.293 e. The van der Waals surface area contributed by atoms with Crippen molar-refractivity contribution in [3.8, 4) is 0 Å². The van der Waals surface area contributed by atoms with Gasteiger partial charge in [0.1, 0.15) is 0 Å². The SMILES string of the molecule is CS(=O)(=O)N1CCc2cc(C(=O)CSc3nnc4ccccn34)ccc21. The van der Waals surface area contributed by atoms with Gasteiger partial charge in [0, 0.05) is 18.3 Å². The van der Waals surface area contributed by atoms with Crippen LogP contribution in [0.2, 0.25) is 0 Å². The topological polar surface area (TPSA) is 84.6 Å². The van der Waals surface area contributed by atoms with E-state index in [9.17, 15) is 13.2 Å². The summed E-state index contributed by atoms with van der Waals surface area (Å²) in [6.45, 7) is 0.423. The number of aromatic nitrogens is 3. The molecule has 9 heteroatoms. The van der Waals surface area contributed by atoms with Gasteiger partial charge < -0.3 is 0 Å². The van der Waals surface area contributed by atoms with Crippen LogP contribution in [0.5, 0.6) is 0 Å². The van der Waals surface area contributed by atoms with E-state index in [4.69, 9.17) is 0 Å². The summed E-state index contributed by atoms with van der Waals surface area (Å²) in [5.74, 6) is 0.216. The number of rotatable bonds is 5. The molecule has 0 bridgehead atoms. The van der Waals surface area contributed by atoms with Crippen molar-refractivity contribution in [3.63, 3.8) is 0 Å². The minimum atomic E-state index is -3.28. The van der Waals surface area contributed by atoms with Gasteiger partial charge in [-0.1, -0.05) is 17.8 Å². The number of Topliss-reactive ketones (excluding diaryl/α,β-unsaturated/α-hetero) is 1. The van der Waals surface area contributed by atoms with Gasteiger partial charge in [-0.15, -0.1) is 10.2 Å². The zero-order chi connectivity index (χ0) is 18.3. The number of carbonyl (C=O) groups is 1. The summed E-state index contributed by atoms with van der Waals surface area (Å²) in [5.41, 5.74) is 2.88. The van der Waals surface area contributed by atoms with Crippen LogP contribution in [-0.2, 0) is 16.4 Å². The molecule has 0 fully saturated rings. The second kappa shape index (κ2) is 6.40. The summed E-state index contributed by atoms with van der Waals surface area (Å²) in [6, 6.07) is 10.8. The lowest BCUT2D eigenvalue weighted by molar-refractivity contribution is 0.102. The molecule has 0 amide bonds. The van der Waals surface area contributed by atoms with Crippen molar-refractivity contribution in [1.82, 2.24) is 14.6 Å². The standard InChI is InChI=1S/C17H16N4O3S2/c1-26(23,24)21-9-7-12-10-13(5-6-14(12)21)15(22)11-25-17-19-18-16-4-2-3-8-20(16)17/h2-6,8,10H,7,9,11H2,1H3. The van der Waals surface area contributed by atoms with E-state index >= 15 is 0 Å². The first-order chi connectivity index (χ1) is 12.4. The van der Waals surface area contributed by atoms with E-state index in [2.05, 4.69) is 10.2 Å². The van der Waals surface area contributed by atoms with Crippen molar-refractivity contribution >= 4 is 38.9 Å². The fourth-order valence-corrected chi connectivity index (χ4v) is 4.80. The molecule has 1 aliphatic rings. The molecule has 3 heterocycles. The molecule has 26 heavy (non-hydrogen) atoms. The van der Waals surface area contributed by atoms with Crippen LogP contribution in [0.3, 0.4) is 0 Å². The second-order valence-corrected chi connectivity index (χ2v) is 8.90. The van der Waals surface area contributed by atoms with Crippen molar-refractivity contribution in [2.75, 3.05) is 22.9 Å². The van der Waals surface area contributed by atoms with Crippen LogP contribution in [0.4, 0.5) is 5.69 Å². The highest BCUT2D eigenvalue weighted by molar-refractivity contribution is 7.99. The predicted molar refractivity (Wildman–Crippen MR) is 100 cm³/mol. The smallest absolute Gasteiger partial charge is 0.232 e. The molecule has 1 aromatic carbocycles. The molecular weight excluding hydrogens is 372 g/mol. The van der Waals surface area contributed by atoms with Crippen molar-refractivity contribution in [2.45, 2.75) is 11.6 Å². The summed E-state index contributed by atoms with van der Waals surface area (Å²) in [4.78, 5) is 12.5. The molecule has 0 atom stereocenters. The van der Waals surface area contributed by atoms with E-state index in [1.54, 1.807) is 18.2 Å². The Morgan fingerprint density at radius 1 is 1.23 bits per heavy atom. The number of pyridine rings is 1. The Morgan fingerprint density at radius 2 is 2.08 bits per heavy atom. The van der Waals surface area contributed by atoms with Crippen molar-refractivity contribution in [2.24, 2.45) is 0 Å². The Bertz CT molecular complexity index is 1110. The molecule has 0 unspecified atom stereocenters. The number of hydrogen-bond acceptors (Lipinski definition) is 6. The average molecular weight is 388 g/mol. The van der Waals surface area contributed by atoms with Gasteiger partial charge in [0.05, 0.1) is 17.7 Å². The molecule has 7 nitrogen and oxygen atoms in total. The fraction of sp³-hybridized carbons (Fsp3) is 0.235. The predicted octanol–water partition coefficient (Wildman–Crippen LogP) is 2.03. The van der Waals surface area contributed by atoms with E-state index in [1.165, 1.54) is 22.3 Å². The summed E-state index contributed by atoms with van der Waals surface area (Å²) < 4.78 is 26.8. The maximum atomic E-state index is 12.5. The van der Waals surface area contributed by atoms with E-state index < -0.39 is 10.0 Å². The van der Waals surface area contributed by atoms with Crippen LogP contribution >= 0.6 is 11.8 Å². The number of fused-ring (bicyclic) bond motifs is 2. The van der Waals surface area contributed by atoms with Crippen LogP contribution < -0.4 is 4.31 Å². The summed E-state index contributed by atoms with van der Waals surface area (Å²) in [7, 11) is -3.28. The van der Waals surface area contributed by atoms with Crippen molar-refractivity contribution in [3.05, 3.63) is 53.7 Å². The van der Waals surface area contributed by atoms with Crippen molar-refractivity contribution in [1.29, 1.82) is 0 Å².